The van der Waals surface area contributed by atoms with Gasteiger partial charge in [-0.2, -0.15) is 9.61 Å². The lowest BCUT2D eigenvalue weighted by molar-refractivity contribution is 0.00566. The van der Waals surface area contributed by atoms with Crippen molar-refractivity contribution in [3.8, 4) is 22.4 Å². The molecule has 6 rings (SSSR count). The summed E-state index contributed by atoms with van der Waals surface area (Å²) in [5.74, 6) is 0.987. The second-order valence-corrected chi connectivity index (χ2v) is 30.4. The van der Waals surface area contributed by atoms with Gasteiger partial charge in [0.1, 0.15) is 19.1 Å². The number of anilines is 1. The molecule has 4 aromatic rings. The number of piperidine rings is 1. The summed E-state index contributed by atoms with van der Waals surface area (Å²) in [6.07, 6.45) is 7.16. The number of ether oxygens (including phenoxy) is 3. The number of aromatic nitrogens is 4. The van der Waals surface area contributed by atoms with Crippen molar-refractivity contribution in [3.05, 3.63) is 65.0 Å². The second kappa shape index (κ2) is 16.6. The fraction of sp³-hybridized carbons (Fsp3) is 0.561. The maximum Gasteiger partial charge on any atom is 0.410 e. The van der Waals surface area contributed by atoms with E-state index in [9.17, 15) is 4.79 Å². The fourth-order valence-electron chi connectivity index (χ4n) is 7.33. The second-order valence-electron chi connectivity index (χ2n) is 18.4. The van der Waals surface area contributed by atoms with Gasteiger partial charge in [-0.3, -0.25) is 4.98 Å². The van der Waals surface area contributed by atoms with E-state index in [2.05, 4.69) is 84.4 Å². The van der Waals surface area contributed by atoms with Gasteiger partial charge in [-0.15, -0.1) is 0 Å². The molecule has 1 amide bonds. The molecule has 1 aromatic carbocycles. The molecule has 2 aliphatic heterocycles. The van der Waals surface area contributed by atoms with Crippen molar-refractivity contribution in [3.63, 3.8) is 0 Å². The smallest absolute Gasteiger partial charge is 0.410 e. The molecule has 2 saturated heterocycles. The van der Waals surface area contributed by atoms with Crippen molar-refractivity contribution in [2.45, 2.75) is 121 Å². The predicted molar refractivity (Wildman–Crippen MR) is 227 cm³/mol. The summed E-state index contributed by atoms with van der Waals surface area (Å²) in [5.41, 5.74) is 5.03. The van der Waals surface area contributed by atoms with Crippen LogP contribution in [0.3, 0.4) is 0 Å². The Morgan fingerprint density at radius 3 is 2.02 bits per heavy atom. The minimum Gasteiger partial charge on any atom is -0.444 e. The van der Waals surface area contributed by atoms with E-state index >= 15 is 0 Å². The molecule has 54 heavy (non-hydrogen) atoms. The van der Waals surface area contributed by atoms with E-state index in [0.717, 1.165) is 81.8 Å². The first kappa shape index (κ1) is 40.6. The minimum absolute atomic E-state index is 0.0991. The van der Waals surface area contributed by atoms with Crippen LogP contribution >= 0.6 is 15.9 Å². The molecular weight excluding hydrogens is 777 g/mol. The maximum atomic E-state index is 13.4. The maximum absolute atomic E-state index is 13.4. The van der Waals surface area contributed by atoms with Crippen LogP contribution in [-0.2, 0) is 14.2 Å². The zero-order valence-corrected chi connectivity index (χ0v) is 37.3. The molecule has 0 spiro atoms. The zero-order chi connectivity index (χ0) is 38.8. The van der Waals surface area contributed by atoms with Crippen LogP contribution in [0.2, 0.25) is 51.4 Å². The topological polar surface area (TPSA) is 94.3 Å². The Bertz CT molecular complexity index is 1850. The Morgan fingerprint density at radius 1 is 0.870 bits per heavy atom. The Hall–Kier alpha value is -3.11. The van der Waals surface area contributed by atoms with Gasteiger partial charge in [0.25, 0.3) is 0 Å². The number of carbonyl (C=O) groups excluding carboxylic acids is 1. The van der Waals surface area contributed by atoms with Crippen LogP contribution in [0, 0.1) is 0 Å². The number of hydrogen-bond donors (Lipinski definition) is 0. The average molecular weight is 836 g/mol. The van der Waals surface area contributed by atoms with Crippen LogP contribution in [0.4, 0.5) is 10.6 Å². The van der Waals surface area contributed by atoms with Crippen molar-refractivity contribution in [2.75, 3.05) is 31.6 Å². The lowest BCUT2D eigenvalue weighted by Crippen LogP contribution is -2.48. The Labute approximate surface area is 332 Å². The number of halogens is 1. The molecule has 10 nitrogen and oxygen atoms in total. The van der Waals surface area contributed by atoms with Gasteiger partial charge in [0.05, 0.1) is 22.1 Å². The van der Waals surface area contributed by atoms with E-state index in [4.69, 9.17) is 29.3 Å². The van der Waals surface area contributed by atoms with Crippen LogP contribution < -0.4 is 4.90 Å². The highest BCUT2D eigenvalue weighted by atomic mass is 79.9. The van der Waals surface area contributed by atoms with Crippen LogP contribution in [0.1, 0.15) is 58.1 Å². The molecule has 3 atom stereocenters. The fourth-order valence-corrected chi connectivity index (χ4v) is 9.68. The van der Waals surface area contributed by atoms with Crippen molar-refractivity contribution >= 4 is 49.6 Å². The summed E-state index contributed by atoms with van der Waals surface area (Å²) in [6.45, 7) is 22.1. The molecule has 13 heteroatoms. The van der Waals surface area contributed by atoms with Crippen LogP contribution in [0.25, 0.3) is 28.0 Å². The van der Waals surface area contributed by atoms with E-state index in [1.54, 1.807) is 0 Å². The Balaban J connectivity index is 1.40. The monoisotopic (exact) mass is 834 g/mol. The van der Waals surface area contributed by atoms with Crippen molar-refractivity contribution in [1.82, 2.24) is 24.5 Å². The van der Waals surface area contributed by atoms with E-state index in [-0.39, 0.29) is 24.1 Å². The van der Waals surface area contributed by atoms with Gasteiger partial charge in [-0.05, 0) is 80.5 Å². The average Bonchev–Trinajstić information content (AvgIpc) is 3.63. The molecule has 0 aliphatic carbocycles. The standard InChI is InChI=1S/C41H59BrN6O4Si2/c1-41(2,3)52-40(49)47-32-16-17-33(47)24-31(23-32)37-36(42)39(46(27-50-19-21-53(4,5)6)28-51-20-22-54(7,8)9)48-38(45-37)34(26-44-48)30-15-18-35(43-25-30)29-13-11-10-12-14-29/h10-15,18,25-26,31-33H,16-17,19-24,27-28H2,1-9H3/t31?,32-,33+. The molecular formula is C41H59BrN6O4Si2. The predicted octanol–water partition coefficient (Wildman–Crippen LogP) is 10.3. The van der Waals surface area contributed by atoms with E-state index in [1.165, 1.54) is 0 Å². The summed E-state index contributed by atoms with van der Waals surface area (Å²) in [6, 6.07) is 16.7. The summed E-state index contributed by atoms with van der Waals surface area (Å²) in [4.78, 5) is 27.8. The molecule has 3 aromatic heterocycles. The van der Waals surface area contributed by atoms with Crippen molar-refractivity contribution in [1.29, 1.82) is 0 Å². The molecule has 5 heterocycles. The lowest BCUT2D eigenvalue weighted by Gasteiger charge is -2.39. The van der Waals surface area contributed by atoms with E-state index in [0.29, 0.717) is 26.7 Å². The SMILES string of the molecule is CC(C)(C)OC(=O)N1[C@@H]2CC[C@H]1CC(c1nc3c(-c4ccc(-c5ccccc5)nc4)cnn3c(N(COCC[Si](C)(C)C)COCC[Si](C)(C)C)c1Br)C2. The number of pyridine rings is 1. The van der Waals surface area contributed by atoms with Crippen LogP contribution in [0.15, 0.2) is 59.3 Å². The number of amides is 1. The third kappa shape index (κ3) is 10.0. The summed E-state index contributed by atoms with van der Waals surface area (Å²) >= 11 is 4.09. The Kier molecular flexibility index (Phi) is 12.4. The zero-order valence-electron chi connectivity index (χ0n) is 33.7. The van der Waals surface area contributed by atoms with Crippen LogP contribution in [0.5, 0.6) is 0 Å². The first-order valence-corrected chi connectivity index (χ1v) is 27.7. The van der Waals surface area contributed by atoms with Crippen molar-refractivity contribution in [2.24, 2.45) is 0 Å². The largest absolute Gasteiger partial charge is 0.444 e. The number of benzene rings is 1. The molecule has 1 unspecified atom stereocenters. The highest BCUT2D eigenvalue weighted by Gasteiger charge is 2.46. The molecule has 0 N–H and O–H groups in total. The molecule has 2 aliphatic rings. The van der Waals surface area contributed by atoms with Gasteiger partial charge in [-0.1, -0.05) is 75.7 Å². The highest BCUT2D eigenvalue weighted by molar-refractivity contribution is 9.10. The number of carbonyl (C=O) groups is 1. The van der Waals surface area contributed by atoms with Gasteiger partial charge in [0.2, 0.25) is 0 Å². The highest BCUT2D eigenvalue weighted by Crippen LogP contribution is 2.47. The minimum atomic E-state index is -1.29. The molecule has 2 bridgehead atoms. The third-order valence-corrected chi connectivity index (χ3v) is 14.4. The summed E-state index contributed by atoms with van der Waals surface area (Å²) < 4.78 is 21.5. The molecule has 0 radical (unpaired) electrons. The third-order valence-electron chi connectivity index (χ3n) is 10.2. The van der Waals surface area contributed by atoms with Crippen LogP contribution in [-0.4, -0.2) is 91.1 Å². The van der Waals surface area contributed by atoms with E-state index in [1.807, 2.05) is 60.8 Å². The quantitative estimate of drug-likeness (QED) is 0.0704. The van der Waals surface area contributed by atoms with Gasteiger partial charge >= 0.3 is 6.09 Å². The first-order valence-electron chi connectivity index (χ1n) is 19.5. The molecule has 2 fully saturated rings. The van der Waals surface area contributed by atoms with Crippen molar-refractivity contribution < 1.29 is 19.0 Å². The normalized spacial score (nSPS) is 19.1. The van der Waals surface area contributed by atoms with Gasteiger partial charge in [0.15, 0.2) is 11.5 Å². The summed E-state index contributed by atoms with van der Waals surface area (Å²) in [7, 11) is -2.58. The Morgan fingerprint density at radius 2 is 1.48 bits per heavy atom. The van der Waals surface area contributed by atoms with Gasteiger partial charge in [-0.25, -0.2) is 9.78 Å². The first-order chi connectivity index (χ1) is 25.5. The molecule has 0 saturated carbocycles. The van der Waals surface area contributed by atoms with Gasteiger partial charge in [0, 0.05) is 70.3 Å². The number of rotatable bonds is 14. The van der Waals surface area contributed by atoms with Gasteiger partial charge < -0.3 is 24.0 Å². The summed E-state index contributed by atoms with van der Waals surface area (Å²) in [5, 5.41) is 4.98. The van der Waals surface area contributed by atoms with E-state index < -0.39 is 21.7 Å². The lowest BCUT2D eigenvalue weighted by atomic mass is 9.88. The number of fused-ring (bicyclic) bond motifs is 3. The molecule has 292 valence electrons. The number of hydrogen-bond acceptors (Lipinski definition) is 8. The number of nitrogens with zero attached hydrogens (tertiary/aromatic N) is 6.